The highest BCUT2D eigenvalue weighted by Crippen LogP contribution is 2.17. The molecule has 0 bridgehead atoms. The van der Waals surface area contributed by atoms with E-state index in [1.807, 2.05) is 6.92 Å². The van der Waals surface area contributed by atoms with Crippen molar-refractivity contribution in [3.8, 4) is 0 Å². The zero-order chi connectivity index (χ0) is 3.86. The minimum Gasteiger partial charge on any atom is -0.437 e. The topological polar surface area (TPSA) is 38.5 Å². The lowest BCUT2D eigenvalue weighted by Gasteiger charge is -1.58. The minimum absolute atomic E-state index is 0.588. The third-order valence-corrected chi connectivity index (χ3v) is 0.568. The summed E-state index contributed by atoms with van der Waals surface area (Å²) in [5.41, 5.74) is 5.02. The van der Waals surface area contributed by atoms with Gasteiger partial charge < -0.3 is 10.5 Å². The van der Waals surface area contributed by atoms with Crippen LogP contribution in [0.4, 0.5) is 0 Å². The van der Waals surface area contributed by atoms with Crippen LogP contribution in [0.2, 0.25) is 0 Å². The molecule has 0 fully saturated rings. The van der Waals surface area contributed by atoms with E-state index in [0.29, 0.717) is 5.88 Å². The van der Waals surface area contributed by atoms with Crippen LogP contribution in [0, 0.1) is 0 Å². The van der Waals surface area contributed by atoms with Gasteiger partial charge in [-0.05, 0) is 6.92 Å². The lowest BCUT2D eigenvalue weighted by Crippen LogP contribution is -1.77. The molecule has 5 heavy (non-hydrogen) atoms. The van der Waals surface area contributed by atoms with Gasteiger partial charge in [-0.15, -0.1) is 0 Å². The normalized spacial score (nSPS) is 18.6. The van der Waals surface area contributed by atoms with Crippen LogP contribution in [0.15, 0.2) is 11.6 Å². The monoisotopic (exact) mass is 71.0 g/mol. The molecule has 28 valence electrons. The molecule has 2 heteroatoms. The fourth-order valence-corrected chi connectivity index (χ4v) is 0.139. The Bertz CT molecular complexity index is 74.9. The summed E-state index contributed by atoms with van der Waals surface area (Å²) in [6.07, 6.45) is 0. The second-order valence-electron chi connectivity index (χ2n) is 1.02. The Morgan fingerprint density at radius 2 is 2.00 bits per heavy atom. The lowest BCUT2D eigenvalue weighted by molar-refractivity contribution is 0.466. The molecule has 0 aliphatic carbocycles. The van der Waals surface area contributed by atoms with Crippen LogP contribution in [0.25, 0.3) is 0 Å². The third-order valence-electron chi connectivity index (χ3n) is 0.568. The second kappa shape index (κ2) is 0.455. The van der Waals surface area contributed by atoms with Crippen molar-refractivity contribution in [3.63, 3.8) is 0 Å². The molecular formula is C3H5NO. The van der Waals surface area contributed by atoms with E-state index in [-0.39, 0.29) is 0 Å². The van der Waals surface area contributed by atoms with Gasteiger partial charge in [-0.3, -0.25) is 0 Å². The first kappa shape index (κ1) is 2.57. The molecule has 0 atom stereocenters. The maximum Gasteiger partial charge on any atom is 0.229 e. The molecule has 1 aliphatic rings. The van der Waals surface area contributed by atoms with E-state index in [2.05, 4.69) is 4.74 Å². The molecule has 0 saturated carbocycles. The summed E-state index contributed by atoms with van der Waals surface area (Å²) in [7, 11) is 0. The van der Waals surface area contributed by atoms with E-state index in [4.69, 9.17) is 5.73 Å². The Hall–Kier alpha value is -0.660. The summed E-state index contributed by atoms with van der Waals surface area (Å²) in [6, 6.07) is 0. The molecule has 0 spiro atoms. The van der Waals surface area contributed by atoms with E-state index in [9.17, 15) is 0 Å². The van der Waals surface area contributed by atoms with Gasteiger partial charge in [0.1, 0.15) is 0 Å². The van der Waals surface area contributed by atoms with Crippen molar-refractivity contribution in [2.75, 3.05) is 0 Å². The van der Waals surface area contributed by atoms with Gasteiger partial charge in [0, 0.05) is 0 Å². The first-order chi connectivity index (χ1) is 2.30. The number of hydrogen-bond donors (Lipinski definition) is 1. The Balaban J connectivity index is 2.59. The summed E-state index contributed by atoms with van der Waals surface area (Å²) in [4.78, 5) is 0. The molecule has 0 unspecified atom stereocenters. The predicted molar refractivity (Wildman–Crippen MR) is 18.0 cm³/mol. The van der Waals surface area contributed by atoms with Crippen LogP contribution in [-0.4, -0.2) is 0 Å². The number of nitrogens with two attached hydrogens (primary N) is 1. The fraction of sp³-hybridized carbons (Fsp3) is 0.333. The molecule has 0 aromatic rings. The van der Waals surface area contributed by atoms with Gasteiger partial charge in [0.2, 0.25) is 5.88 Å². The van der Waals surface area contributed by atoms with Gasteiger partial charge in [-0.1, -0.05) is 0 Å². The Morgan fingerprint density at radius 1 is 1.80 bits per heavy atom. The molecule has 0 amide bonds. The maximum atomic E-state index is 5.02. The first-order valence-corrected chi connectivity index (χ1v) is 1.45. The van der Waals surface area contributed by atoms with Crippen molar-refractivity contribution in [2.45, 2.75) is 6.92 Å². The van der Waals surface area contributed by atoms with Crippen molar-refractivity contribution in [2.24, 2.45) is 5.73 Å². The van der Waals surface area contributed by atoms with Crippen molar-refractivity contribution in [3.05, 3.63) is 11.6 Å². The molecule has 1 aliphatic heterocycles. The summed E-state index contributed by atoms with van der Waals surface area (Å²) in [5.74, 6) is 1.45. The van der Waals surface area contributed by atoms with Crippen molar-refractivity contribution < 1.29 is 4.74 Å². The largest absolute Gasteiger partial charge is 0.437 e. The summed E-state index contributed by atoms with van der Waals surface area (Å²) < 4.78 is 4.53. The van der Waals surface area contributed by atoms with Crippen LogP contribution in [0.3, 0.4) is 0 Å². The SMILES string of the molecule is CC1=C(N)O1. The van der Waals surface area contributed by atoms with E-state index in [1.54, 1.807) is 0 Å². The van der Waals surface area contributed by atoms with Gasteiger partial charge in [-0.25, -0.2) is 0 Å². The average Bonchev–Trinajstić information content (AvgIpc) is 1.79. The van der Waals surface area contributed by atoms with Crippen LogP contribution >= 0.6 is 0 Å². The Morgan fingerprint density at radius 3 is 2.00 bits per heavy atom. The number of rotatable bonds is 0. The fourth-order valence-electron chi connectivity index (χ4n) is 0.139. The van der Waals surface area contributed by atoms with Gasteiger partial charge >= 0.3 is 0 Å². The standard InChI is InChI=1S/C3H5NO/c1-2-3(4)5-2/h4H2,1H3. The molecule has 1 rings (SSSR count). The van der Waals surface area contributed by atoms with Crippen LogP contribution in [0.5, 0.6) is 0 Å². The molecule has 0 aromatic heterocycles. The molecule has 0 radical (unpaired) electrons. The van der Waals surface area contributed by atoms with Gasteiger partial charge in [0.15, 0.2) is 5.76 Å². The van der Waals surface area contributed by atoms with Gasteiger partial charge in [-0.2, -0.15) is 0 Å². The molecule has 0 aromatic carbocycles. The first-order valence-electron chi connectivity index (χ1n) is 1.45. The average molecular weight is 71.1 g/mol. The quantitative estimate of drug-likeness (QED) is 0.442. The van der Waals surface area contributed by atoms with E-state index < -0.39 is 0 Å². The zero-order valence-electron chi connectivity index (χ0n) is 2.99. The number of ether oxygens (including phenoxy) is 1. The highest BCUT2D eigenvalue weighted by molar-refractivity contribution is 5.09. The zero-order valence-corrected chi connectivity index (χ0v) is 2.99. The highest BCUT2D eigenvalue weighted by Gasteiger charge is 2.12. The lowest BCUT2D eigenvalue weighted by atomic mass is 10.7. The second-order valence-corrected chi connectivity index (χ2v) is 1.02. The summed E-state index contributed by atoms with van der Waals surface area (Å²) >= 11 is 0. The van der Waals surface area contributed by atoms with E-state index >= 15 is 0 Å². The Labute approximate surface area is 30.2 Å². The van der Waals surface area contributed by atoms with Gasteiger partial charge in [0.25, 0.3) is 0 Å². The van der Waals surface area contributed by atoms with Crippen LogP contribution in [0.1, 0.15) is 6.92 Å². The highest BCUT2D eigenvalue weighted by atomic mass is 16.6. The van der Waals surface area contributed by atoms with Crippen LogP contribution < -0.4 is 5.73 Å². The molecule has 2 nitrogen and oxygen atoms in total. The molecule has 0 saturated heterocycles. The number of hydrogen-bond acceptors (Lipinski definition) is 2. The van der Waals surface area contributed by atoms with E-state index in [1.165, 1.54) is 0 Å². The summed E-state index contributed by atoms with van der Waals surface area (Å²) in [6.45, 7) is 1.83. The maximum absolute atomic E-state index is 5.02. The van der Waals surface area contributed by atoms with Crippen LogP contribution in [-0.2, 0) is 4.74 Å². The molecule has 1 heterocycles. The minimum atomic E-state index is 0.588. The molecule has 2 N–H and O–H groups in total. The van der Waals surface area contributed by atoms with Crippen molar-refractivity contribution in [1.29, 1.82) is 0 Å². The third kappa shape index (κ3) is 0.210. The smallest absolute Gasteiger partial charge is 0.229 e. The summed E-state index contributed by atoms with van der Waals surface area (Å²) in [5, 5.41) is 0. The molecular weight excluding hydrogens is 66.0 g/mol. The number of allylic oxidation sites excluding steroid dienone is 1. The van der Waals surface area contributed by atoms with Gasteiger partial charge in [0.05, 0.1) is 0 Å². The Kier molecular flexibility index (Phi) is 0.234. The van der Waals surface area contributed by atoms with Crippen molar-refractivity contribution >= 4 is 0 Å². The van der Waals surface area contributed by atoms with E-state index in [0.717, 1.165) is 5.76 Å². The van der Waals surface area contributed by atoms with Crippen molar-refractivity contribution in [1.82, 2.24) is 0 Å². The predicted octanol–water partition coefficient (Wildman–Crippen LogP) is 0.164.